The summed E-state index contributed by atoms with van der Waals surface area (Å²) in [4.78, 5) is 63.3. The Morgan fingerprint density at radius 1 is 0.851 bits per heavy atom. The van der Waals surface area contributed by atoms with Gasteiger partial charge in [0, 0.05) is 95.9 Å². The van der Waals surface area contributed by atoms with E-state index in [-0.39, 0.29) is 52.6 Å². The number of nitriles is 1. The SMILES string of the molecule is Cn1c(=O)n(C2CCC(=O)NC2=O)c2ccc(N3CCC(CN4CCN(c5ccc(-n6cnc7ccc(Oc8c(F)ccc(NSN9CCC(F)C9)c8C#N)cc7c6=O)cc5)CC4)CC3)cc21. The first-order valence-electron chi connectivity index (χ1n) is 22.6. The molecule has 67 heavy (non-hydrogen) atoms. The third-order valence-corrected chi connectivity index (χ3v) is 14.4. The molecule has 4 aliphatic heterocycles. The van der Waals surface area contributed by atoms with Gasteiger partial charge in [-0.05, 0) is 104 Å². The zero-order valence-electron chi connectivity index (χ0n) is 36.9. The molecule has 2 amide bonds. The van der Waals surface area contributed by atoms with Crippen LogP contribution in [-0.4, -0.2) is 105 Å². The number of aryl methyl sites for hydroxylation is 1. The topological polar surface area (TPSA) is 166 Å². The lowest BCUT2D eigenvalue weighted by Crippen LogP contribution is -2.49. The molecule has 0 aliphatic carbocycles. The number of piperidine rings is 2. The van der Waals surface area contributed by atoms with Gasteiger partial charge in [-0.15, -0.1) is 0 Å². The van der Waals surface area contributed by atoms with E-state index in [0.29, 0.717) is 47.7 Å². The van der Waals surface area contributed by atoms with Crippen molar-refractivity contribution in [3.8, 4) is 23.3 Å². The van der Waals surface area contributed by atoms with Gasteiger partial charge in [0.2, 0.25) is 11.8 Å². The molecule has 4 saturated heterocycles. The van der Waals surface area contributed by atoms with Crippen LogP contribution in [0, 0.1) is 23.1 Å². The van der Waals surface area contributed by atoms with Crippen LogP contribution in [0.3, 0.4) is 0 Å². The number of aromatic nitrogens is 4. The normalized spacial score (nSPS) is 19.9. The van der Waals surface area contributed by atoms with Gasteiger partial charge in [-0.25, -0.2) is 22.9 Å². The van der Waals surface area contributed by atoms with Gasteiger partial charge in [0.15, 0.2) is 11.6 Å². The highest BCUT2D eigenvalue weighted by Crippen LogP contribution is 2.36. The van der Waals surface area contributed by atoms with E-state index in [0.717, 1.165) is 87.7 Å². The number of hydrogen-bond acceptors (Lipinski definition) is 13. The van der Waals surface area contributed by atoms with Crippen molar-refractivity contribution in [2.45, 2.75) is 44.3 Å². The van der Waals surface area contributed by atoms with E-state index in [1.807, 2.05) is 48.5 Å². The highest BCUT2D eigenvalue weighted by atomic mass is 32.2. The molecule has 2 N–H and O–H groups in total. The van der Waals surface area contributed by atoms with Crippen molar-refractivity contribution < 1.29 is 23.1 Å². The highest BCUT2D eigenvalue weighted by Gasteiger charge is 2.32. The van der Waals surface area contributed by atoms with Crippen LogP contribution in [0.4, 0.5) is 25.8 Å². The predicted molar refractivity (Wildman–Crippen MR) is 253 cm³/mol. The lowest BCUT2D eigenvalue weighted by molar-refractivity contribution is -0.135. The fourth-order valence-electron chi connectivity index (χ4n) is 9.73. The first-order valence-corrected chi connectivity index (χ1v) is 23.4. The summed E-state index contributed by atoms with van der Waals surface area (Å²) >= 11 is 1.15. The second-order valence-corrected chi connectivity index (χ2v) is 18.6. The average molecular weight is 930 g/mol. The van der Waals surface area contributed by atoms with Gasteiger partial charge in [0.25, 0.3) is 5.56 Å². The van der Waals surface area contributed by atoms with Gasteiger partial charge in [0.05, 0.1) is 33.3 Å². The molecule has 0 radical (unpaired) electrons. The molecule has 2 unspecified atom stereocenters. The molecule has 2 aromatic heterocycles. The molecule has 6 aromatic rings. The van der Waals surface area contributed by atoms with E-state index in [2.05, 4.69) is 29.7 Å². The molecule has 4 aromatic carbocycles. The Hall–Kier alpha value is -6.75. The van der Waals surface area contributed by atoms with Crippen LogP contribution in [-0.2, 0) is 16.6 Å². The molecule has 346 valence electrons. The number of ether oxygens (including phenoxy) is 1. The van der Waals surface area contributed by atoms with Gasteiger partial charge in [-0.2, -0.15) is 5.26 Å². The summed E-state index contributed by atoms with van der Waals surface area (Å²) in [5.74, 6) is -1.05. The summed E-state index contributed by atoms with van der Waals surface area (Å²) in [6.07, 6.45) is 3.62. The number of carbonyl (C=O) groups is 2. The fraction of sp³-hybridized carbons (Fsp3) is 0.375. The van der Waals surface area contributed by atoms with Crippen LogP contribution in [0.2, 0.25) is 0 Å². The van der Waals surface area contributed by atoms with Crippen LogP contribution >= 0.6 is 12.1 Å². The van der Waals surface area contributed by atoms with Crippen molar-refractivity contribution in [3.63, 3.8) is 0 Å². The van der Waals surface area contributed by atoms with E-state index in [9.17, 15) is 28.8 Å². The second kappa shape index (κ2) is 18.5. The number of halogens is 2. The molecule has 0 saturated carbocycles. The Morgan fingerprint density at radius 3 is 2.33 bits per heavy atom. The van der Waals surface area contributed by atoms with Gasteiger partial charge in [-0.3, -0.25) is 38.3 Å². The summed E-state index contributed by atoms with van der Waals surface area (Å²) in [5, 5.41) is 12.6. The number of rotatable bonds is 11. The number of imidazole rings is 1. The number of fused-ring (bicyclic) bond motifs is 2. The minimum Gasteiger partial charge on any atom is -0.453 e. The van der Waals surface area contributed by atoms with Crippen molar-refractivity contribution >= 4 is 62.9 Å². The lowest BCUT2D eigenvalue weighted by atomic mass is 9.95. The van der Waals surface area contributed by atoms with Crippen molar-refractivity contribution in [2.75, 3.05) is 73.4 Å². The van der Waals surface area contributed by atoms with Crippen LogP contribution in [0.5, 0.6) is 11.5 Å². The second-order valence-electron chi connectivity index (χ2n) is 17.7. The van der Waals surface area contributed by atoms with Crippen LogP contribution < -0.4 is 35.8 Å². The predicted octanol–water partition coefficient (Wildman–Crippen LogP) is 5.88. The standard InChI is InChI=1S/C48H49F2N11O5S/c1-55-43-24-34(6-11-41(43)61(48(55)65)42-12-13-44(62)53-46(42)63)57-17-14-30(15-18-57)27-56-20-22-58(23-21-56)32-2-4-33(5-3-32)60-29-52-39-9-7-35(25-36(39)47(60)64)66-45-37(26-51)40(10-8-38(45)50)54-67-59-19-16-31(49)28-59/h2-11,24-25,29-31,42,54H,12-23,27-28H2,1H3,(H,53,62,63). The first-order chi connectivity index (χ1) is 32.5. The van der Waals surface area contributed by atoms with Gasteiger partial charge >= 0.3 is 5.69 Å². The van der Waals surface area contributed by atoms with Gasteiger partial charge in [0.1, 0.15) is 35.9 Å². The number of carbonyl (C=O) groups excluding carboxylic acids is 2. The van der Waals surface area contributed by atoms with Crippen molar-refractivity contribution in [2.24, 2.45) is 13.0 Å². The van der Waals surface area contributed by atoms with E-state index in [4.69, 9.17) is 4.74 Å². The Morgan fingerprint density at radius 2 is 1.60 bits per heavy atom. The molecule has 4 fully saturated rings. The van der Waals surface area contributed by atoms with E-state index in [1.54, 1.807) is 28.1 Å². The number of amides is 2. The molecule has 19 heteroatoms. The molecular weight excluding hydrogens is 881 g/mol. The van der Waals surface area contributed by atoms with Crippen LogP contribution in [0.25, 0.3) is 27.6 Å². The quantitative estimate of drug-likeness (QED) is 0.117. The number of alkyl halides is 1. The Bertz CT molecular complexity index is 3050. The zero-order chi connectivity index (χ0) is 46.3. The first kappa shape index (κ1) is 44.1. The number of benzene rings is 4. The Kier molecular flexibility index (Phi) is 12.2. The van der Waals surface area contributed by atoms with Crippen LogP contribution in [0.1, 0.15) is 43.7 Å². The number of anilines is 3. The molecule has 2 atom stereocenters. The minimum absolute atomic E-state index is 0.0582. The van der Waals surface area contributed by atoms with Crippen molar-refractivity contribution in [3.05, 3.63) is 111 Å². The molecule has 0 spiro atoms. The molecule has 10 rings (SSSR count). The van der Waals surface area contributed by atoms with Crippen molar-refractivity contribution in [1.29, 1.82) is 5.26 Å². The van der Waals surface area contributed by atoms with E-state index < -0.39 is 23.9 Å². The maximum atomic E-state index is 15.1. The lowest BCUT2D eigenvalue weighted by Gasteiger charge is -2.40. The molecule has 0 bridgehead atoms. The molecule has 6 heterocycles. The number of imide groups is 1. The number of nitrogens with zero attached hydrogens (tertiary/aromatic N) is 9. The summed E-state index contributed by atoms with van der Waals surface area (Å²) in [6, 6.07) is 22.4. The molecule has 16 nitrogen and oxygen atoms in total. The molecule has 4 aliphatic rings. The third-order valence-electron chi connectivity index (χ3n) is 13.5. The van der Waals surface area contributed by atoms with E-state index in [1.165, 1.54) is 33.7 Å². The Balaban J connectivity index is 0.738. The summed E-state index contributed by atoms with van der Waals surface area (Å²) < 4.78 is 44.1. The summed E-state index contributed by atoms with van der Waals surface area (Å²) in [5.41, 5.74) is 4.31. The average Bonchev–Trinajstić information content (AvgIpc) is 3.87. The smallest absolute Gasteiger partial charge is 0.329 e. The fourth-order valence-corrected chi connectivity index (χ4v) is 10.6. The zero-order valence-corrected chi connectivity index (χ0v) is 37.7. The minimum atomic E-state index is -0.916. The largest absolute Gasteiger partial charge is 0.453 e. The Labute approximate surface area is 388 Å². The maximum Gasteiger partial charge on any atom is 0.329 e. The summed E-state index contributed by atoms with van der Waals surface area (Å²) in [7, 11) is 1.72. The number of nitrogens with one attached hydrogen (secondary N) is 2. The van der Waals surface area contributed by atoms with Crippen LogP contribution in [0.15, 0.2) is 88.7 Å². The van der Waals surface area contributed by atoms with Crippen molar-refractivity contribution in [1.82, 2.24) is 33.2 Å². The number of hydrogen-bond donors (Lipinski definition) is 2. The number of piperazine rings is 1. The molecular formula is C48H49F2N11O5S. The maximum absolute atomic E-state index is 15.1. The highest BCUT2D eigenvalue weighted by molar-refractivity contribution is 7.98. The van der Waals surface area contributed by atoms with Gasteiger partial charge in [-0.1, -0.05) is 0 Å². The summed E-state index contributed by atoms with van der Waals surface area (Å²) in [6.45, 7) is 7.28. The third kappa shape index (κ3) is 8.84. The van der Waals surface area contributed by atoms with Gasteiger partial charge < -0.3 is 19.3 Å². The monoisotopic (exact) mass is 929 g/mol. The van der Waals surface area contributed by atoms with E-state index >= 15 is 4.39 Å².